The second kappa shape index (κ2) is 8.73. The predicted molar refractivity (Wildman–Crippen MR) is 103 cm³/mol. The van der Waals surface area contributed by atoms with Gasteiger partial charge in [-0.3, -0.25) is 4.79 Å². The third-order valence-electron chi connectivity index (χ3n) is 4.33. The Balaban J connectivity index is 1.58. The number of anilines is 1. The normalized spacial score (nSPS) is 16.3. The Bertz CT molecular complexity index is 931. The number of rotatable bonds is 6. The molecule has 2 heterocycles. The summed E-state index contributed by atoms with van der Waals surface area (Å²) in [5.41, 5.74) is 0.352. The summed E-state index contributed by atoms with van der Waals surface area (Å²) in [6.45, 7) is -2.49. The number of carbonyl (C=O) groups is 1. The van der Waals surface area contributed by atoms with Crippen LogP contribution in [0.2, 0.25) is 5.02 Å². The molecule has 1 saturated heterocycles. The van der Waals surface area contributed by atoms with E-state index in [2.05, 4.69) is 10.1 Å². The number of piperidine rings is 1. The van der Waals surface area contributed by atoms with Crippen LogP contribution in [0.3, 0.4) is 0 Å². The van der Waals surface area contributed by atoms with E-state index in [0.29, 0.717) is 18.5 Å². The van der Waals surface area contributed by atoms with Crippen molar-refractivity contribution in [2.75, 3.05) is 18.4 Å². The van der Waals surface area contributed by atoms with Gasteiger partial charge in [0, 0.05) is 24.7 Å². The van der Waals surface area contributed by atoms with E-state index < -0.39 is 16.6 Å². The fourth-order valence-corrected chi connectivity index (χ4v) is 5.75. The van der Waals surface area contributed by atoms with Crippen LogP contribution in [-0.2, 0) is 14.8 Å². The van der Waals surface area contributed by atoms with Gasteiger partial charge < -0.3 is 10.1 Å². The average molecular weight is 451 g/mol. The van der Waals surface area contributed by atoms with Crippen molar-refractivity contribution in [2.45, 2.75) is 23.7 Å². The molecule has 11 heteroatoms. The molecule has 0 spiro atoms. The maximum Gasteiger partial charge on any atom is 0.387 e. The third-order valence-corrected chi connectivity index (χ3v) is 7.90. The van der Waals surface area contributed by atoms with E-state index in [9.17, 15) is 22.0 Å². The molecule has 1 N–H and O–H groups in total. The largest absolute Gasteiger partial charge is 0.433 e. The molecule has 6 nitrogen and oxygen atoms in total. The number of nitrogens with zero attached hydrogens (tertiary/aromatic N) is 1. The van der Waals surface area contributed by atoms with Gasteiger partial charge in [0.05, 0.1) is 5.02 Å². The first kappa shape index (κ1) is 21.0. The Morgan fingerprint density at radius 2 is 2.00 bits per heavy atom. The number of hydrogen-bond acceptors (Lipinski definition) is 5. The predicted octanol–water partition coefficient (Wildman–Crippen LogP) is 4.04. The van der Waals surface area contributed by atoms with Crippen molar-refractivity contribution in [3.63, 3.8) is 0 Å². The first-order chi connectivity index (χ1) is 13.3. The first-order valence-electron chi connectivity index (χ1n) is 8.36. The Kier molecular flexibility index (Phi) is 6.54. The average Bonchev–Trinajstić information content (AvgIpc) is 3.19. The second-order valence-corrected chi connectivity index (χ2v) is 9.64. The number of amides is 1. The quantitative estimate of drug-likeness (QED) is 0.720. The SMILES string of the molecule is O=C(Nc1ccc(OC(F)F)c(Cl)c1)C1CCN(S(=O)(=O)c2cccs2)CC1. The summed E-state index contributed by atoms with van der Waals surface area (Å²) in [6.07, 6.45) is 0.771. The molecule has 1 amide bonds. The Hall–Kier alpha value is -1.75. The van der Waals surface area contributed by atoms with Gasteiger partial charge in [0.25, 0.3) is 10.0 Å². The van der Waals surface area contributed by atoms with Crippen LogP contribution in [0.1, 0.15) is 12.8 Å². The molecule has 3 rings (SSSR count). The minimum atomic E-state index is -3.52. The van der Waals surface area contributed by atoms with Crippen molar-refractivity contribution < 1.29 is 26.7 Å². The number of carbonyl (C=O) groups excluding carboxylic acids is 1. The third kappa shape index (κ3) is 4.80. The van der Waals surface area contributed by atoms with E-state index in [-0.39, 0.29) is 39.9 Å². The number of nitrogens with one attached hydrogen (secondary N) is 1. The van der Waals surface area contributed by atoms with Crippen LogP contribution in [-0.4, -0.2) is 38.3 Å². The van der Waals surface area contributed by atoms with E-state index in [1.54, 1.807) is 17.5 Å². The highest BCUT2D eigenvalue weighted by molar-refractivity contribution is 7.91. The molecular weight excluding hydrogens is 434 g/mol. The molecular formula is C17H17ClF2N2O4S2. The molecule has 0 radical (unpaired) electrons. The van der Waals surface area contributed by atoms with E-state index in [1.165, 1.54) is 22.5 Å². The Morgan fingerprint density at radius 1 is 1.29 bits per heavy atom. The smallest absolute Gasteiger partial charge is 0.387 e. The van der Waals surface area contributed by atoms with Crippen LogP contribution < -0.4 is 10.1 Å². The van der Waals surface area contributed by atoms with E-state index >= 15 is 0 Å². The van der Waals surface area contributed by atoms with Crippen molar-refractivity contribution in [1.82, 2.24) is 4.31 Å². The molecule has 0 atom stereocenters. The summed E-state index contributed by atoms with van der Waals surface area (Å²) in [4.78, 5) is 12.5. The number of thiophene rings is 1. The van der Waals surface area contributed by atoms with Crippen LogP contribution in [0, 0.1) is 5.92 Å². The van der Waals surface area contributed by atoms with Crippen LogP contribution >= 0.6 is 22.9 Å². The summed E-state index contributed by atoms with van der Waals surface area (Å²) in [6, 6.07) is 7.23. The van der Waals surface area contributed by atoms with Crippen LogP contribution in [0.5, 0.6) is 5.75 Å². The van der Waals surface area contributed by atoms with E-state index in [4.69, 9.17) is 11.6 Å². The molecule has 1 aromatic heterocycles. The van der Waals surface area contributed by atoms with E-state index in [0.717, 1.165) is 11.3 Å². The van der Waals surface area contributed by atoms with Crippen LogP contribution in [0.4, 0.5) is 14.5 Å². The molecule has 0 bridgehead atoms. The molecule has 1 aromatic carbocycles. The van der Waals surface area contributed by atoms with Crippen molar-refractivity contribution in [1.29, 1.82) is 0 Å². The van der Waals surface area contributed by atoms with Gasteiger partial charge in [0.15, 0.2) is 0 Å². The minimum Gasteiger partial charge on any atom is -0.433 e. The van der Waals surface area contributed by atoms with Crippen molar-refractivity contribution in [2.24, 2.45) is 5.92 Å². The van der Waals surface area contributed by atoms with Gasteiger partial charge in [0.2, 0.25) is 5.91 Å². The zero-order valence-electron chi connectivity index (χ0n) is 14.5. The molecule has 0 unspecified atom stereocenters. The molecule has 0 aliphatic carbocycles. The number of alkyl halides is 2. The highest BCUT2D eigenvalue weighted by Crippen LogP contribution is 2.30. The summed E-state index contributed by atoms with van der Waals surface area (Å²) < 4.78 is 55.5. The van der Waals surface area contributed by atoms with Gasteiger partial charge in [-0.1, -0.05) is 17.7 Å². The lowest BCUT2D eigenvalue weighted by atomic mass is 9.97. The summed E-state index contributed by atoms with van der Waals surface area (Å²) in [7, 11) is -3.52. The molecule has 1 aliphatic rings. The number of ether oxygens (including phenoxy) is 1. The van der Waals surface area contributed by atoms with Crippen LogP contribution in [0.25, 0.3) is 0 Å². The van der Waals surface area contributed by atoms with Crippen LogP contribution in [0.15, 0.2) is 39.9 Å². The summed E-state index contributed by atoms with van der Waals surface area (Å²) in [5, 5.41) is 4.34. The summed E-state index contributed by atoms with van der Waals surface area (Å²) in [5.74, 6) is -0.806. The zero-order chi connectivity index (χ0) is 20.3. The van der Waals surface area contributed by atoms with Gasteiger partial charge in [-0.25, -0.2) is 8.42 Å². The van der Waals surface area contributed by atoms with Crippen molar-refractivity contribution in [3.05, 3.63) is 40.7 Å². The maximum absolute atomic E-state index is 12.5. The van der Waals surface area contributed by atoms with Crippen molar-refractivity contribution in [3.8, 4) is 5.75 Å². The van der Waals surface area contributed by atoms with Crippen molar-refractivity contribution >= 4 is 44.6 Å². The van der Waals surface area contributed by atoms with Gasteiger partial charge in [-0.05, 0) is 42.5 Å². The molecule has 1 aliphatic heterocycles. The Labute approximate surface area is 170 Å². The van der Waals surface area contributed by atoms with E-state index in [1.807, 2.05) is 0 Å². The molecule has 1 fully saturated rings. The molecule has 2 aromatic rings. The first-order valence-corrected chi connectivity index (χ1v) is 11.1. The monoisotopic (exact) mass is 450 g/mol. The standard InChI is InChI=1S/C17H17ClF2N2O4S2/c18-13-10-12(3-4-14(13)26-17(19)20)21-16(23)11-5-7-22(8-6-11)28(24,25)15-2-1-9-27-15/h1-4,9-11,17H,5-8H2,(H,21,23). The van der Waals surface area contributed by atoms with Gasteiger partial charge in [0.1, 0.15) is 9.96 Å². The highest BCUT2D eigenvalue weighted by atomic mass is 35.5. The maximum atomic E-state index is 12.5. The highest BCUT2D eigenvalue weighted by Gasteiger charge is 2.32. The van der Waals surface area contributed by atoms with Gasteiger partial charge in [-0.2, -0.15) is 13.1 Å². The molecule has 0 saturated carbocycles. The second-order valence-electron chi connectivity index (χ2n) is 6.12. The summed E-state index contributed by atoms with van der Waals surface area (Å²) >= 11 is 7.04. The lowest BCUT2D eigenvalue weighted by Gasteiger charge is -2.30. The lowest BCUT2D eigenvalue weighted by molar-refractivity contribution is -0.120. The number of sulfonamides is 1. The lowest BCUT2D eigenvalue weighted by Crippen LogP contribution is -2.41. The number of benzene rings is 1. The number of hydrogen-bond donors (Lipinski definition) is 1. The number of halogens is 3. The minimum absolute atomic E-state index is 0.0463. The molecule has 28 heavy (non-hydrogen) atoms. The van der Waals surface area contributed by atoms with Gasteiger partial charge in [-0.15, -0.1) is 11.3 Å². The molecule has 152 valence electrons. The fraction of sp³-hybridized carbons (Fsp3) is 0.353. The fourth-order valence-electron chi connectivity index (χ4n) is 2.91. The van der Waals surface area contributed by atoms with Gasteiger partial charge >= 0.3 is 6.61 Å². The zero-order valence-corrected chi connectivity index (χ0v) is 16.9. The topological polar surface area (TPSA) is 75.7 Å². The Morgan fingerprint density at radius 3 is 2.57 bits per heavy atom.